The molecule has 0 bridgehead atoms. The smallest absolute Gasteiger partial charge is 0.406 e. The summed E-state index contributed by atoms with van der Waals surface area (Å²) in [4.78, 5) is 0. The fraction of sp³-hybridized carbons (Fsp3) is 0.111. The van der Waals surface area contributed by atoms with Crippen LogP contribution in [-0.2, 0) is 0 Å². The average molecular weight is 267 g/mol. The van der Waals surface area contributed by atoms with Gasteiger partial charge in [-0.3, -0.25) is 0 Å². The second kappa shape index (κ2) is 4.04. The molecule has 0 aromatic heterocycles. The zero-order chi connectivity index (χ0) is 10.8. The molecule has 0 unspecified atom stereocenters. The van der Waals surface area contributed by atoms with Gasteiger partial charge in [0.2, 0.25) is 0 Å². The van der Waals surface area contributed by atoms with Crippen LogP contribution in [0.15, 0.2) is 30.8 Å². The van der Waals surface area contributed by atoms with Gasteiger partial charge in [-0.25, -0.2) is 0 Å². The molecule has 0 saturated heterocycles. The first-order valence-corrected chi connectivity index (χ1v) is 4.38. The molecule has 0 heterocycles. The van der Waals surface area contributed by atoms with E-state index in [2.05, 4.69) is 27.2 Å². The van der Waals surface area contributed by atoms with E-state index in [1.54, 1.807) is 0 Å². The monoisotopic (exact) mass is 266 g/mol. The minimum Gasteiger partial charge on any atom is -0.406 e. The summed E-state index contributed by atoms with van der Waals surface area (Å²) in [7, 11) is 0. The van der Waals surface area contributed by atoms with Gasteiger partial charge in [0.25, 0.3) is 0 Å². The maximum atomic E-state index is 11.8. The zero-order valence-electron chi connectivity index (χ0n) is 6.94. The molecule has 5 heteroatoms. The van der Waals surface area contributed by atoms with E-state index < -0.39 is 6.36 Å². The Labute approximate surface area is 87.3 Å². The summed E-state index contributed by atoms with van der Waals surface area (Å²) in [5.74, 6) is -0.241. The van der Waals surface area contributed by atoms with Gasteiger partial charge in [-0.1, -0.05) is 34.6 Å². The molecule has 1 aromatic rings. The average Bonchev–Trinajstić information content (AvgIpc) is 2.02. The molecular weight excluding hydrogens is 261 g/mol. The van der Waals surface area contributed by atoms with Crippen LogP contribution in [0.2, 0.25) is 0 Å². The molecule has 0 spiro atoms. The van der Waals surface area contributed by atoms with Crippen LogP contribution < -0.4 is 4.74 Å². The van der Waals surface area contributed by atoms with Crippen molar-refractivity contribution in [2.45, 2.75) is 6.36 Å². The van der Waals surface area contributed by atoms with Crippen molar-refractivity contribution in [3.63, 3.8) is 0 Å². The van der Waals surface area contributed by atoms with E-state index in [4.69, 9.17) is 0 Å². The number of rotatable bonds is 2. The lowest BCUT2D eigenvalue weighted by atomic mass is 10.2. The lowest BCUT2D eigenvalue weighted by Gasteiger charge is -2.08. The normalized spacial score (nSPS) is 11.1. The van der Waals surface area contributed by atoms with Gasteiger partial charge in [-0.2, -0.15) is 0 Å². The van der Waals surface area contributed by atoms with E-state index in [0.29, 0.717) is 10.0 Å². The third kappa shape index (κ3) is 3.41. The third-order valence-corrected chi connectivity index (χ3v) is 1.86. The molecule has 0 radical (unpaired) electrons. The van der Waals surface area contributed by atoms with Crippen molar-refractivity contribution in [1.82, 2.24) is 0 Å². The molecule has 0 fully saturated rings. The van der Waals surface area contributed by atoms with Crippen LogP contribution in [0, 0.1) is 0 Å². The van der Waals surface area contributed by atoms with E-state index in [9.17, 15) is 13.2 Å². The summed E-state index contributed by atoms with van der Waals surface area (Å²) in [6.45, 7) is 3.58. The highest BCUT2D eigenvalue weighted by atomic mass is 79.9. The quantitative estimate of drug-likeness (QED) is 0.788. The largest absolute Gasteiger partial charge is 0.573 e. The molecule has 0 N–H and O–H groups in total. The Kier molecular flexibility index (Phi) is 3.21. The van der Waals surface area contributed by atoms with Crippen molar-refractivity contribution in [2.24, 2.45) is 0 Å². The number of benzene rings is 1. The van der Waals surface area contributed by atoms with Gasteiger partial charge in [0, 0.05) is 4.48 Å². The Bertz CT molecular complexity index is 329. The van der Waals surface area contributed by atoms with Crippen LogP contribution in [0.1, 0.15) is 5.56 Å². The molecule has 76 valence electrons. The van der Waals surface area contributed by atoms with Crippen molar-refractivity contribution in [1.29, 1.82) is 0 Å². The van der Waals surface area contributed by atoms with E-state index >= 15 is 0 Å². The van der Waals surface area contributed by atoms with Gasteiger partial charge in [0.15, 0.2) is 0 Å². The van der Waals surface area contributed by atoms with Gasteiger partial charge in [0.1, 0.15) is 5.75 Å². The Morgan fingerprint density at radius 1 is 1.21 bits per heavy atom. The van der Waals surface area contributed by atoms with Crippen LogP contribution in [-0.4, -0.2) is 6.36 Å². The SMILES string of the molecule is C=C(Br)c1ccc(OC(F)(F)F)cc1. The predicted molar refractivity (Wildman–Crippen MR) is 51.1 cm³/mol. The number of ether oxygens (including phenoxy) is 1. The topological polar surface area (TPSA) is 9.23 Å². The van der Waals surface area contributed by atoms with Gasteiger partial charge >= 0.3 is 6.36 Å². The van der Waals surface area contributed by atoms with Gasteiger partial charge in [-0.15, -0.1) is 13.2 Å². The lowest BCUT2D eigenvalue weighted by Crippen LogP contribution is -2.16. The molecule has 0 aliphatic rings. The summed E-state index contributed by atoms with van der Waals surface area (Å²) >= 11 is 3.11. The second-order valence-electron chi connectivity index (χ2n) is 2.48. The summed E-state index contributed by atoms with van der Waals surface area (Å²) in [6.07, 6.45) is -4.65. The van der Waals surface area contributed by atoms with Crippen molar-refractivity contribution < 1.29 is 17.9 Å². The summed E-state index contributed by atoms with van der Waals surface area (Å²) in [5.41, 5.74) is 0.708. The summed E-state index contributed by atoms with van der Waals surface area (Å²) in [5, 5.41) is 0. The fourth-order valence-corrected chi connectivity index (χ4v) is 1.10. The maximum Gasteiger partial charge on any atom is 0.573 e. The van der Waals surface area contributed by atoms with E-state index in [-0.39, 0.29) is 5.75 Å². The number of halogens is 4. The predicted octanol–water partition coefficient (Wildman–Crippen LogP) is 3.95. The van der Waals surface area contributed by atoms with Crippen molar-refractivity contribution in [2.75, 3.05) is 0 Å². The first-order chi connectivity index (χ1) is 6.38. The minimum atomic E-state index is -4.65. The van der Waals surface area contributed by atoms with Crippen LogP contribution in [0.25, 0.3) is 4.48 Å². The van der Waals surface area contributed by atoms with Crippen LogP contribution in [0.3, 0.4) is 0 Å². The van der Waals surface area contributed by atoms with E-state index in [1.807, 2.05) is 0 Å². The van der Waals surface area contributed by atoms with Crippen molar-refractivity contribution in [3.05, 3.63) is 36.4 Å². The molecular formula is C9H6BrF3O. The molecule has 1 aromatic carbocycles. The number of hydrogen-bond donors (Lipinski definition) is 0. The minimum absolute atomic E-state index is 0.241. The maximum absolute atomic E-state index is 11.8. The summed E-state index contributed by atoms with van der Waals surface area (Å²) < 4.78 is 39.6. The molecule has 1 rings (SSSR count). The molecule has 0 aliphatic heterocycles. The Morgan fingerprint density at radius 3 is 2.07 bits per heavy atom. The Morgan fingerprint density at radius 2 is 1.71 bits per heavy atom. The van der Waals surface area contributed by atoms with E-state index in [1.165, 1.54) is 24.3 Å². The molecule has 0 aliphatic carbocycles. The van der Waals surface area contributed by atoms with Gasteiger partial charge in [0.05, 0.1) is 0 Å². The molecule has 0 saturated carbocycles. The highest BCUT2D eigenvalue weighted by Gasteiger charge is 2.30. The van der Waals surface area contributed by atoms with Crippen molar-refractivity contribution >= 4 is 20.4 Å². The lowest BCUT2D eigenvalue weighted by molar-refractivity contribution is -0.274. The molecule has 0 amide bonds. The van der Waals surface area contributed by atoms with E-state index in [0.717, 1.165) is 0 Å². The first kappa shape index (κ1) is 11.1. The molecule has 0 atom stereocenters. The highest BCUT2D eigenvalue weighted by Crippen LogP contribution is 2.25. The van der Waals surface area contributed by atoms with Crippen LogP contribution >= 0.6 is 15.9 Å². The highest BCUT2D eigenvalue weighted by molar-refractivity contribution is 9.15. The van der Waals surface area contributed by atoms with Crippen molar-refractivity contribution in [3.8, 4) is 5.75 Å². The number of alkyl halides is 3. The number of hydrogen-bond acceptors (Lipinski definition) is 1. The van der Waals surface area contributed by atoms with Gasteiger partial charge in [-0.05, 0) is 17.7 Å². The van der Waals surface area contributed by atoms with Crippen LogP contribution in [0.4, 0.5) is 13.2 Å². The molecule has 1 nitrogen and oxygen atoms in total. The third-order valence-electron chi connectivity index (χ3n) is 1.40. The van der Waals surface area contributed by atoms with Gasteiger partial charge < -0.3 is 4.74 Å². The molecule has 14 heavy (non-hydrogen) atoms. The zero-order valence-corrected chi connectivity index (χ0v) is 8.52. The summed E-state index contributed by atoms with van der Waals surface area (Å²) in [6, 6.07) is 5.43. The second-order valence-corrected chi connectivity index (χ2v) is 3.43. The standard InChI is InChI=1S/C9H6BrF3O/c1-6(10)7-2-4-8(5-3-7)14-9(11,12)13/h2-5H,1H2. The van der Waals surface area contributed by atoms with Crippen LogP contribution in [0.5, 0.6) is 5.75 Å². The fourth-order valence-electron chi connectivity index (χ4n) is 0.837. The Balaban J connectivity index is 2.79. The Hall–Kier alpha value is -0.970. The first-order valence-electron chi connectivity index (χ1n) is 3.59.